The summed E-state index contributed by atoms with van der Waals surface area (Å²) in [5.74, 6) is -0.450. The molecule has 1 N–H and O–H groups in total. The molecule has 1 heterocycles. The molecule has 1 aliphatic rings. The molecule has 1 saturated heterocycles. The summed E-state index contributed by atoms with van der Waals surface area (Å²) in [6.45, 7) is 5.81. The van der Waals surface area contributed by atoms with Gasteiger partial charge in [-0.1, -0.05) is 0 Å². The molecule has 122 valence electrons. The summed E-state index contributed by atoms with van der Waals surface area (Å²) in [5.41, 5.74) is 0. The molecule has 0 atom stereocenters. The van der Waals surface area contributed by atoms with Crippen LogP contribution in [-0.2, 0) is 10.0 Å². The van der Waals surface area contributed by atoms with Crippen LogP contribution in [0.3, 0.4) is 0 Å². The van der Waals surface area contributed by atoms with Gasteiger partial charge in [0.05, 0.1) is 4.90 Å². The Balaban J connectivity index is 2.01. The lowest BCUT2D eigenvalue weighted by Crippen LogP contribution is -2.53. The van der Waals surface area contributed by atoms with Gasteiger partial charge in [-0.15, -0.1) is 0 Å². The van der Waals surface area contributed by atoms with E-state index in [9.17, 15) is 12.8 Å². The van der Waals surface area contributed by atoms with Crippen molar-refractivity contribution in [1.82, 2.24) is 14.5 Å². The quantitative estimate of drug-likeness (QED) is 0.840. The Morgan fingerprint density at radius 2 is 1.73 bits per heavy atom. The predicted molar refractivity (Wildman–Crippen MR) is 87.6 cm³/mol. The monoisotopic (exact) mass is 345 g/mol. The third-order valence-corrected chi connectivity index (χ3v) is 5.68. The van der Waals surface area contributed by atoms with Crippen molar-refractivity contribution >= 4 is 27.4 Å². The Morgan fingerprint density at radius 3 is 2.23 bits per heavy atom. The minimum absolute atomic E-state index is 0.116. The summed E-state index contributed by atoms with van der Waals surface area (Å²) in [7, 11) is -3.57. The van der Waals surface area contributed by atoms with Gasteiger partial charge < -0.3 is 10.2 Å². The zero-order valence-electron chi connectivity index (χ0n) is 12.6. The number of thiocarbonyl (C=S) groups is 1. The zero-order valence-corrected chi connectivity index (χ0v) is 14.3. The first-order chi connectivity index (χ1) is 10.3. The van der Waals surface area contributed by atoms with E-state index >= 15 is 0 Å². The fourth-order valence-electron chi connectivity index (χ4n) is 2.23. The second-order valence-electron chi connectivity index (χ2n) is 5.45. The van der Waals surface area contributed by atoms with E-state index in [1.54, 1.807) is 0 Å². The maximum absolute atomic E-state index is 12.9. The van der Waals surface area contributed by atoms with E-state index in [4.69, 9.17) is 12.2 Å². The summed E-state index contributed by atoms with van der Waals surface area (Å²) in [6.07, 6.45) is 0. The number of nitrogens with zero attached hydrogens (tertiary/aromatic N) is 2. The van der Waals surface area contributed by atoms with Gasteiger partial charge in [-0.05, 0) is 50.3 Å². The molecule has 0 aromatic heterocycles. The van der Waals surface area contributed by atoms with Crippen molar-refractivity contribution < 1.29 is 12.8 Å². The van der Waals surface area contributed by atoms with Crippen molar-refractivity contribution in [3.63, 3.8) is 0 Å². The Bertz CT molecular complexity index is 624. The van der Waals surface area contributed by atoms with E-state index in [2.05, 4.69) is 5.32 Å². The molecule has 0 aliphatic carbocycles. The highest BCUT2D eigenvalue weighted by Crippen LogP contribution is 2.18. The zero-order chi connectivity index (χ0) is 16.3. The molecule has 1 fully saturated rings. The van der Waals surface area contributed by atoms with Gasteiger partial charge in [0.2, 0.25) is 10.0 Å². The van der Waals surface area contributed by atoms with E-state index in [1.165, 1.54) is 16.4 Å². The van der Waals surface area contributed by atoms with Crippen LogP contribution in [0.1, 0.15) is 13.8 Å². The number of piperazine rings is 1. The van der Waals surface area contributed by atoms with Crippen LogP contribution in [-0.4, -0.2) is 55.0 Å². The summed E-state index contributed by atoms with van der Waals surface area (Å²) in [5, 5.41) is 3.80. The Morgan fingerprint density at radius 1 is 1.18 bits per heavy atom. The molecule has 0 bridgehead atoms. The van der Waals surface area contributed by atoms with Crippen molar-refractivity contribution in [2.45, 2.75) is 24.8 Å². The van der Waals surface area contributed by atoms with E-state index in [0.717, 1.165) is 12.1 Å². The minimum atomic E-state index is -3.57. The minimum Gasteiger partial charge on any atom is -0.360 e. The molecule has 5 nitrogen and oxygen atoms in total. The molecular weight excluding hydrogens is 325 g/mol. The molecule has 0 spiro atoms. The molecule has 22 heavy (non-hydrogen) atoms. The van der Waals surface area contributed by atoms with Gasteiger partial charge in [0.1, 0.15) is 5.82 Å². The summed E-state index contributed by atoms with van der Waals surface area (Å²) >= 11 is 5.30. The molecule has 1 aliphatic heterocycles. The number of halogens is 1. The Hall–Kier alpha value is -1.25. The van der Waals surface area contributed by atoms with Crippen molar-refractivity contribution in [3.8, 4) is 0 Å². The third kappa shape index (κ3) is 3.93. The lowest BCUT2D eigenvalue weighted by Gasteiger charge is -2.36. The number of sulfonamides is 1. The first-order valence-corrected chi connectivity index (χ1v) is 8.96. The first-order valence-electron chi connectivity index (χ1n) is 7.12. The Labute approximate surface area is 136 Å². The molecule has 2 rings (SSSR count). The molecular formula is C14H20FN3O2S2. The van der Waals surface area contributed by atoms with Crippen LogP contribution < -0.4 is 5.32 Å². The van der Waals surface area contributed by atoms with Crippen LogP contribution in [0.25, 0.3) is 0 Å². The molecule has 0 amide bonds. The molecule has 1 aromatic carbocycles. The van der Waals surface area contributed by atoms with Gasteiger partial charge >= 0.3 is 0 Å². The van der Waals surface area contributed by atoms with Gasteiger partial charge in [-0.2, -0.15) is 4.31 Å². The standard InChI is InChI=1S/C14H20FN3O2S2/c1-11(2)16-14(21)17-7-9-18(10-8-17)22(19,20)13-5-3-12(15)4-6-13/h3-6,11H,7-10H2,1-2H3,(H,16,21). The van der Waals surface area contributed by atoms with E-state index in [1.807, 2.05) is 18.7 Å². The van der Waals surface area contributed by atoms with Crippen LogP contribution >= 0.6 is 12.2 Å². The topological polar surface area (TPSA) is 52.6 Å². The average molecular weight is 345 g/mol. The Kier molecular flexibility index (Phi) is 5.36. The van der Waals surface area contributed by atoms with Gasteiger partial charge in [0.25, 0.3) is 0 Å². The van der Waals surface area contributed by atoms with Gasteiger partial charge in [0, 0.05) is 32.2 Å². The highest BCUT2D eigenvalue weighted by Gasteiger charge is 2.29. The highest BCUT2D eigenvalue weighted by atomic mass is 32.2. The maximum atomic E-state index is 12.9. The molecule has 0 unspecified atom stereocenters. The fraction of sp³-hybridized carbons (Fsp3) is 0.500. The van der Waals surface area contributed by atoms with Gasteiger partial charge in [0.15, 0.2) is 5.11 Å². The van der Waals surface area contributed by atoms with Crippen LogP contribution in [0.2, 0.25) is 0 Å². The smallest absolute Gasteiger partial charge is 0.243 e. The summed E-state index contributed by atoms with van der Waals surface area (Å²) in [6, 6.07) is 5.15. The average Bonchev–Trinajstić information content (AvgIpc) is 2.47. The molecule has 0 radical (unpaired) electrons. The number of rotatable bonds is 3. The van der Waals surface area contributed by atoms with Gasteiger partial charge in [-0.3, -0.25) is 0 Å². The van der Waals surface area contributed by atoms with Gasteiger partial charge in [-0.25, -0.2) is 12.8 Å². The van der Waals surface area contributed by atoms with Crippen molar-refractivity contribution in [1.29, 1.82) is 0 Å². The van der Waals surface area contributed by atoms with Crippen LogP contribution in [0.5, 0.6) is 0 Å². The van der Waals surface area contributed by atoms with E-state index in [0.29, 0.717) is 31.3 Å². The van der Waals surface area contributed by atoms with E-state index < -0.39 is 15.8 Å². The molecule has 0 saturated carbocycles. The summed E-state index contributed by atoms with van der Waals surface area (Å²) in [4.78, 5) is 2.08. The fourth-order valence-corrected chi connectivity index (χ4v) is 4.07. The SMILES string of the molecule is CC(C)NC(=S)N1CCN(S(=O)(=O)c2ccc(F)cc2)CC1. The number of nitrogens with one attached hydrogen (secondary N) is 1. The molecule has 1 aromatic rings. The summed E-state index contributed by atoms with van der Waals surface area (Å²) < 4.78 is 39.3. The lowest BCUT2D eigenvalue weighted by molar-refractivity contribution is 0.263. The first kappa shape index (κ1) is 17.1. The second-order valence-corrected chi connectivity index (χ2v) is 7.77. The van der Waals surface area contributed by atoms with Crippen molar-refractivity contribution in [2.24, 2.45) is 0 Å². The van der Waals surface area contributed by atoms with Crippen LogP contribution in [0.4, 0.5) is 4.39 Å². The normalized spacial score (nSPS) is 16.8. The van der Waals surface area contributed by atoms with Crippen LogP contribution in [0, 0.1) is 5.82 Å². The maximum Gasteiger partial charge on any atom is 0.243 e. The van der Waals surface area contributed by atoms with Crippen molar-refractivity contribution in [2.75, 3.05) is 26.2 Å². The number of benzene rings is 1. The highest BCUT2D eigenvalue weighted by molar-refractivity contribution is 7.89. The van der Waals surface area contributed by atoms with E-state index in [-0.39, 0.29) is 10.9 Å². The second kappa shape index (κ2) is 6.89. The van der Waals surface area contributed by atoms with Crippen LogP contribution in [0.15, 0.2) is 29.2 Å². The third-order valence-electron chi connectivity index (χ3n) is 3.39. The number of hydrogen-bond acceptors (Lipinski definition) is 3. The predicted octanol–water partition coefficient (Wildman–Crippen LogP) is 1.41. The van der Waals surface area contributed by atoms with Crippen molar-refractivity contribution in [3.05, 3.63) is 30.1 Å². The largest absolute Gasteiger partial charge is 0.360 e. The number of hydrogen-bond donors (Lipinski definition) is 1. The lowest BCUT2D eigenvalue weighted by atomic mass is 10.3. The molecule has 8 heteroatoms.